The van der Waals surface area contributed by atoms with Crippen LogP contribution in [-0.2, 0) is 0 Å². The molecule has 26 heavy (non-hydrogen) atoms. The molecule has 2 aromatic carbocycles. The monoisotopic (exact) mass is 358 g/mol. The molecule has 0 saturated heterocycles. The SMILES string of the molecule is COc1ccc(Nc2nccc(Nc3ccc(F)cc3F)n2)cc1OC. The Labute approximate surface area is 148 Å². The number of nitrogens with one attached hydrogen (secondary N) is 2. The Morgan fingerprint density at radius 2 is 1.69 bits per heavy atom. The minimum Gasteiger partial charge on any atom is -0.493 e. The van der Waals surface area contributed by atoms with Gasteiger partial charge in [-0.05, 0) is 30.3 Å². The molecule has 0 fully saturated rings. The maximum absolute atomic E-state index is 13.8. The van der Waals surface area contributed by atoms with Crippen molar-refractivity contribution >= 4 is 23.1 Å². The number of rotatable bonds is 6. The summed E-state index contributed by atoms with van der Waals surface area (Å²) in [6.07, 6.45) is 1.51. The highest BCUT2D eigenvalue weighted by atomic mass is 19.1. The Morgan fingerprint density at radius 1 is 0.885 bits per heavy atom. The van der Waals surface area contributed by atoms with E-state index in [-0.39, 0.29) is 5.69 Å². The van der Waals surface area contributed by atoms with E-state index in [0.717, 1.165) is 12.1 Å². The lowest BCUT2D eigenvalue weighted by Gasteiger charge is -2.11. The van der Waals surface area contributed by atoms with Crippen LogP contribution in [0.2, 0.25) is 0 Å². The lowest BCUT2D eigenvalue weighted by molar-refractivity contribution is 0.355. The first kappa shape index (κ1) is 17.4. The molecule has 1 aromatic heterocycles. The smallest absolute Gasteiger partial charge is 0.229 e. The summed E-state index contributed by atoms with van der Waals surface area (Å²) in [6.45, 7) is 0. The predicted molar refractivity (Wildman–Crippen MR) is 94.5 cm³/mol. The molecule has 0 atom stereocenters. The van der Waals surface area contributed by atoms with Gasteiger partial charge >= 0.3 is 0 Å². The number of halogens is 2. The maximum atomic E-state index is 13.8. The molecule has 0 amide bonds. The molecule has 3 aromatic rings. The largest absolute Gasteiger partial charge is 0.493 e. The average molecular weight is 358 g/mol. The van der Waals surface area contributed by atoms with Crippen LogP contribution in [0.1, 0.15) is 0 Å². The first-order chi connectivity index (χ1) is 12.6. The molecule has 6 nitrogen and oxygen atoms in total. The van der Waals surface area contributed by atoms with Gasteiger partial charge in [0.15, 0.2) is 11.5 Å². The van der Waals surface area contributed by atoms with E-state index in [4.69, 9.17) is 9.47 Å². The van der Waals surface area contributed by atoms with Gasteiger partial charge in [0.25, 0.3) is 0 Å². The van der Waals surface area contributed by atoms with Gasteiger partial charge in [-0.2, -0.15) is 4.98 Å². The molecule has 0 radical (unpaired) electrons. The van der Waals surface area contributed by atoms with Crippen molar-refractivity contribution in [3.8, 4) is 11.5 Å². The second kappa shape index (κ2) is 7.64. The van der Waals surface area contributed by atoms with Gasteiger partial charge in [0.1, 0.15) is 17.5 Å². The zero-order valence-electron chi connectivity index (χ0n) is 14.1. The van der Waals surface area contributed by atoms with E-state index >= 15 is 0 Å². The fourth-order valence-corrected chi connectivity index (χ4v) is 2.26. The lowest BCUT2D eigenvalue weighted by Crippen LogP contribution is -2.02. The number of anilines is 4. The molecule has 1 heterocycles. The molecule has 0 aliphatic rings. The molecule has 0 spiro atoms. The molecular formula is C18H16F2N4O2. The minimum atomic E-state index is -0.710. The molecule has 0 unspecified atom stereocenters. The normalized spacial score (nSPS) is 10.3. The van der Waals surface area contributed by atoms with Crippen LogP contribution in [0, 0.1) is 11.6 Å². The van der Waals surface area contributed by atoms with Crippen LogP contribution in [0.4, 0.5) is 31.9 Å². The molecule has 8 heteroatoms. The number of benzene rings is 2. The van der Waals surface area contributed by atoms with E-state index in [2.05, 4.69) is 20.6 Å². The summed E-state index contributed by atoms with van der Waals surface area (Å²) in [5.41, 5.74) is 0.801. The van der Waals surface area contributed by atoms with Crippen molar-refractivity contribution in [1.29, 1.82) is 0 Å². The number of methoxy groups -OCH3 is 2. The number of nitrogens with zero attached hydrogens (tertiary/aromatic N) is 2. The average Bonchev–Trinajstić information content (AvgIpc) is 2.64. The van der Waals surface area contributed by atoms with Crippen LogP contribution in [-0.4, -0.2) is 24.2 Å². The van der Waals surface area contributed by atoms with Gasteiger partial charge in [-0.25, -0.2) is 13.8 Å². The molecule has 2 N–H and O–H groups in total. The minimum absolute atomic E-state index is 0.113. The summed E-state index contributed by atoms with van der Waals surface area (Å²) in [6, 6.07) is 10.1. The molecular weight excluding hydrogens is 342 g/mol. The van der Waals surface area contributed by atoms with Crippen molar-refractivity contribution in [3.05, 3.63) is 60.3 Å². The Balaban J connectivity index is 1.79. The molecule has 0 aliphatic carbocycles. The third kappa shape index (κ3) is 3.97. The summed E-state index contributed by atoms with van der Waals surface area (Å²) in [7, 11) is 3.09. The topological polar surface area (TPSA) is 68.3 Å². The van der Waals surface area contributed by atoms with Crippen molar-refractivity contribution < 1.29 is 18.3 Å². The van der Waals surface area contributed by atoms with Gasteiger partial charge in [0.05, 0.1) is 19.9 Å². The van der Waals surface area contributed by atoms with Crippen molar-refractivity contribution in [3.63, 3.8) is 0 Å². The summed E-state index contributed by atoms with van der Waals surface area (Å²) >= 11 is 0. The number of hydrogen-bond acceptors (Lipinski definition) is 6. The van der Waals surface area contributed by atoms with Crippen molar-refractivity contribution in [2.45, 2.75) is 0 Å². The first-order valence-corrected chi connectivity index (χ1v) is 7.63. The van der Waals surface area contributed by atoms with Crippen LogP contribution in [0.25, 0.3) is 0 Å². The summed E-state index contributed by atoms with van der Waals surface area (Å²) < 4.78 is 37.2. The zero-order valence-corrected chi connectivity index (χ0v) is 14.1. The van der Waals surface area contributed by atoms with Crippen LogP contribution in [0.3, 0.4) is 0 Å². The third-order valence-corrected chi connectivity index (χ3v) is 3.49. The number of ether oxygens (including phenoxy) is 2. The molecule has 0 bridgehead atoms. The highest BCUT2D eigenvalue weighted by Gasteiger charge is 2.08. The van der Waals surface area contributed by atoms with Gasteiger partial charge in [-0.15, -0.1) is 0 Å². The quantitative estimate of drug-likeness (QED) is 0.686. The van der Waals surface area contributed by atoms with E-state index in [1.165, 1.54) is 12.3 Å². The summed E-state index contributed by atoms with van der Waals surface area (Å²) in [5.74, 6) is 0.448. The van der Waals surface area contributed by atoms with Gasteiger partial charge < -0.3 is 20.1 Å². The number of hydrogen-bond donors (Lipinski definition) is 2. The van der Waals surface area contributed by atoms with E-state index < -0.39 is 11.6 Å². The Bertz CT molecular complexity index is 921. The molecule has 3 rings (SSSR count). The van der Waals surface area contributed by atoms with E-state index in [1.807, 2.05) is 0 Å². The van der Waals surface area contributed by atoms with Crippen LogP contribution in [0.5, 0.6) is 11.5 Å². The highest BCUT2D eigenvalue weighted by Crippen LogP contribution is 2.30. The van der Waals surface area contributed by atoms with Gasteiger partial charge in [-0.1, -0.05) is 0 Å². The van der Waals surface area contributed by atoms with Crippen molar-refractivity contribution in [2.75, 3.05) is 24.9 Å². The Hall–Kier alpha value is -3.42. The van der Waals surface area contributed by atoms with Gasteiger partial charge in [0, 0.05) is 24.0 Å². The second-order valence-electron chi connectivity index (χ2n) is 5.21. The first-order valence-electron chi connectivity index (χ1n) is 7.63. The van der Waals surface area contributed by atoms with E-state index in [9.17, 15) is 8.78 Å². The molecule has 134 valence electrons. The standard InChI is InChI=1S/C18H16F2N4O2/c1-25-15-6-4-12(10-16(15)26-2)22-18-21-8-7-17(24-18)23-14-5-3-11(19)9-13(14)20/h3-10H,1-2H3,(H2,21,22,23,24). The summed E-state index contributed by atoms with van der Waals surface area (Å²) in [4.78, 5) is 8.38. The van der Waals surface area contributed by atoms with Crippen molar-refractivity contribution in [1.82, 2.24) is 9.97 Å². The predicted octanol–water partition coefficient (Wildman–Crippen LogP) is 4.26. The third-order valence-electron chi connectivity index (χ3n) is 3.49. The van der Waals surface area contributed by atoms with E-state index in [0.29, 0.717) is 29.0 Å². The molecule has 0 aliphatic heterocycles. The zero-order chi connectivity index (χ0) is 18.5. The van der Waals surface area contributed by atoms with Gasteiger partial charge in [0.2, 0.25) is 5.95 Å². The van der Waals surface area contributed by atoms with Crippen molar-refractivity contribution in [2.24, 2.45) is 0 Å². The number of aromatic nitrogens is 2. The maximum Gasteiger partial charge on any atom is 0.229 e. The Kier molecular flexibility index (Phi) is 5.12. The van der Waals surface area contributed by atoms with Crippen LogP contribution < -0.4 is 20.1 Å². The van der Waals surface area contributed by atoms with Crippen LogP contribution in [0.15, 0.2) is 48.7 Å². The second-order valence-corrected chi connectivity index (χ2v) is 5.21. The fraction of sp³-hybridized carbons (Fsp3) is 0.111. The highest BCUT2D eigenvalue weighted by molar-refractivity contribution is 5.62. The lowest BCUT2D eigenvalue weighted by atomic mass is 10.3. The summed E-state index contributed by atoms with van der Waals surface area (Å²) in [5, 5.41) is 5.82. The van der Waals surface area contributed by atoms with Crippen LogP contribution >= 0.6 is 0 Å². The van der Waals surface area contributed by atoms with Gasteiger partial charge in [-0.3, -0.25) is 0 Å². The fourth-order valence-electron chi connectivity index (χ4n) is 2.26. The molecule has 0 saturated carbocycles. The van der Waals surface area contributed by atoms with E-state index in [1.54, 1.807) is 38.5 Å². The Morgan fingerprint density at radius 3 is 2.42 bits per heavy atom.